The molecule has 23 heavy (non-hydrogen) atoms. The van der Waals surface area contributed by atoms with Gasteiger partial charge in [-0.15, -0.1) is 30.6 Å². The van der Waals surface area contributed by atoms with E-state index in [2.05, 4.69) is 50.1 Å². The van der Waals surface area contributed by atoms with Crippen LogP contribution in [0.4, 0.5) is 5.82 Å². The molecule has 6 nitrogen and oxygen atoms in total. The van der Waals surface area contributed by atoms with Gasteiger partial charge in [0.25, 0.3) is 0 Å². The number of pyridine rings is 1. The highest BCUT2D eigenvalue weighted by Gasteiger charge is 2.15. The Hall–Kier alpha value is -1.35. The number of likely N-dealkylation sites (N-methyl/N-ethyl adjacent to an activating group) is 1. The molecule has 1 aromatic rings. The lowest BCUT2D eigenvalue weighted by atomic mass is 10.2. The van der Waals surface area contributed by atoms with Gasteiger partial charge in [0.2, 0.25) is 0 Å². The molecule has 1 aromatic heterocycles. The average Bonchev–Trinajstić information content (AvgIpc) is 2.56. The van der Waals surface area contributed by atoms with Crippen LogP contribution in [0.25, 0.3) is 0 Å². The fraction of sp³-hybridized carbons (Fsp3) is 0.500. The van der Waals surface area contributed by atoms with Crippen molar-refractivity contribution in [3.8, 4) is 0 Å². The maximum atomic E-state index is 4.51. The van der Waals surface area contributed by atoms with Crippen molar-refractivity contribution in [1.82, 2.24) is 20.5 Å². The van der Waals surface area contributed by atoms with Crippen molar-refractivity contribution in [2.24, 2.45) is 4.99 Å². The number of halogens is 1. The molecule has 7 heteroatoms. The number of anilines is 1. The van der Waals surface area contributed by atoms with Crippen LogP contribution in [-0.2, 0) is 6.54 Å². The lowest BCUT2D eigenvalue weighted by Gasteiger charge is -2.33. The second-order valence-electron chi connectivity index (χ2n) is 5.41. The van der Waals surface area contributed by atoms with Crippen LogP contribution in [-0.4, -0.2) is 62.7 Å². The van der Waals surface area contributed by atoms with E-state index in [4.69, 9.17) is 0 Å². The molecular weight excluding hydrogens is 403 g/mol. The smallest absolute Gasteiger partial charge is 0.191 e. The maximum absolute atomic E-state index is 4.51. The monoisotopic (exact) mass is 430 g/mol. The highest BCUT2D eigenvalue weighted by Crippen LogP contribution is 2.14. The number of nitrogens with one attached hydrogen (secondary N) is 2. The van der Waals surface area contributed by atoms with Gasteiger partial charge in [0.15, 0.2) is 5.96 Å². The van der Waals surface area contributed by atoms with Crippen LogP contribution >= 0.6 is 24.0 Å². The molecule has 1 aliphatic rings. The van der Waals surface area contributed by atoms with Gasteiger partial charge in [-0.1, -0.05) is 6.08 Å². The SMILES string of the molecule is C=CCNC(=NC)NCc1ccnc(N2CCN(C)CC2)c1.I. The Bertz CT molecular complexity index is 511. The number of guanidine groups is 1. The third-order valence-corrected chi connectivity index (χ3v) is 3.73. The standard InChI is InChI=1S/C16H26N6.HI/c1-4-6-19-16(17-2)20-13-14-5-7-18-15(12-14)22-10-8-21(3)9-11-22;/h4-5,7,12H,1,6,8-11,13H2,2-3H3,(H2,17,19,20);1H. The average molecular weight is 430 g/mol. The molecule has 0 saturated carbocycles. The van der Waals surface area contributed by atoms with Crippen LogP contribution in [0.15, 0.2) is 36.0 Å². The number of hydrogen-bond donors (Lipinski definition) is 2. The van der Waals surface area contributed by atoms with Crippen molar-refractivity contribution in [2.75, 3.05) is 51.7 Å². The van der Waals surface area contributed by atoms with E-state index in [1.165, 1.54) is 5.56 Å². The lowest BCUT2D eigenvalue weighted by Crippen LogP contribution is -2.44. The van der Waals surface area contributed by atoms with Crippen LogP contribution in [0.5, 0.6) is 0 Å². The van der Waals surface area contributed by atoms with E-state index in [-0.39, 0.29) is 24.0 Å². The van der Waals surface area contributed by atoms with E-state index in [0.717, 1.165) is 44.5 Å². The first-order valence-electron chi connectivity index (χ1n) is 7.66. The van der Waals surface area contributed by atoms with E-state index < -0.39 is 0 Å². The minimum Gasteiger partial charge on any atom is -0.354 e. The van der Waals surface area contributed by atoms with Gasteiger partial charge in [-0.05, 0) is 24.7 Å². The molecule has 1 aliphatic heterocycles. The zero-order chi connectivity index (χ0) is 15.8. The van der Waals surface area contributed by atoms with Crippen molar-refractivity contribution in [3.05, 3.63) is 36.5 Å². The molecule has 1 fully saturated rings. The fourth-order valence-corrected chi connectivity index (χ4v) is 2.35. The zero-order valence-electron chi connectivity index (χ0n) is 14.0. The summed E-state index contributed by atoms with van der Waals surface area (Å²) in [5, 5.41) is 6.46. The largest absolute Gasteiger partial charge is 0.354 e. The Morgan fingerprint density at radius 2 is 2.09 bits per heavy atom. The minimum absolute atomic E-state index is 0. The molecule has 2 heterocycles. The summed E-state index contributed by atoms with van der Waals surface area (Å²) in [6.07, 6.45) is 3.69. The van der Waals surface area contributed by atoms with E-state index in [9.17, 15) is 0 Å². The summed E-state index contributed by atoms with van der Waals surface area (Å²) in [7, 11) is 3.92. The van der Waals surface area contributed by atoms with Crippen molar-refractivity contribution in [2.45, 2.75) is 6.54 Å². The van der Waals surface area contributed by atoms with Crippen LogP contribution in [0.2, 0.25) is 0 Å². The predicted octanol–water partition coefficient (Wildman–Crippen LogP) is 1.30. The van der Waals surface area contributed by atoms with Gasteiger partial charge >= 0.3 is 0 Å². The number of piperazine rings is 1. The first-order valence-corrected chi connectivity index (χ1v) is 7.66. The summed E-state index contributed by atoms with van der Waals surface area (Å²) in [6.45, 7) is 9.34. The molecule has 1 saturated heterocycles. The summed E-state index contributed by atoms with van der Waals surface area (Å²) >= 11 is 0. The van der Waals surface area contributed by atoms with E-state index in [1.807, 2.05) is 18.3 Å². The van der Waals surface area contributed by atoms with Gasteiger partial charge in [-0.3, -0.25) is 4.99 Å². The number of hydrogen-bond acceptors (Lipinski definition) is 4. The quantitative estimate of drug-likeness (QED) is 0.319. The summed E-state index contributed by atoms with van der Waals surface area (Å²) in [5.74, 6) is 1.83. The van der Waals surface area contributed by atoms with Crippen molar-refractivity contribution >= 4 is 35.8 Å². The summed E-state index contributed by atoms with van der Waals surface area (Å²) in [6, 6.07) is 4.19. The first kappa shape index (κ1) is 19.7. The van der Waals surface area contributed by atoms with E-state index in [1.54, 1.807) is 7.05 Å². The van der Waals surface area contributed by atoms with Gasteiger partial charge in [-0.25, -0.2) is 4.98 Å². The molecule has 0 spiro atoms. The first-order chi connectivity index (χ1) is 10.7. The van der Waals surface area contributed by atoms with E-state index >= 15 is 0 Å². The zero-order valence-corrected chi connectivity index (χ0v) is 16.3. The Balaban J connectivity index is 0.00000264. The Morgan fingerprint density at radius 3 is 2.74 bits per heavy atom. The minimum atomic E-state index is 0. The van der Waals surface area contributed by atoms with Gasteiger partial charge in [-0.2, -0.15) is 0 Å². The topological polar surface area (TPSA) is 55.8 Å². The molecule has 0 amide bonds. The molecule has 0 bridgehead atoms. The maximum Gasteiger partial charge on any atom is 0.191 e. The van der Waals surface area contributed by atoms with Crippen molar-refractivity contribution in [1.29, 1.82) is 0 Å². The van der Waals surface area contributed by atoms with Gasteiger partial charge in [0.05, 0.1) is 0 Å². The molecule has 0 aliphatic carbocycles. The number of aromatic nitrogens is 1. The third kappa shape index (κ3) is 6.34. The number of aliphatic imine (C=N–C) groups is 1. The molecule has 0 aromatic carbocycles. The summed E-state index contributed by atoms with van der Waals surface area (Å²) < 4.78 is 0. The Kier molecular flexibility index (Phi) is 8.93. The molecule has 0 unspecified atom stereocenters. The molecule has 0 radical (unpaired) electrons. The Morgan fingerprint density at radius 1 is 1.35 bits per heavy atom. The summed E-state index contributed by atoms with van der Waals surface area (Å²) in [5.41, 5.74) is 1.20. The second-order valence-corrected chi connectivity index (χ2v) is 5.41. The molecule has 2 N–H and O–H groups in total. The van der Waals surface area contributed by atoms with Gasteiger partial charge in [0, 0.05) is 52.5 Å². The van der Waals surface area contributed by atoms with Crippen LogP contribution < -0.4 is 15.5 Å². The van der Waals surface area contributed by atoms with Gasteiger partial charge in [0.1, 0.15) is 5.82 Å². The van der Waals surface area contributed by atoms with Crippen molar-refractivity contribution < 1.29 is 0 Å². The highest BCUT2D eigenvalue weighted by atomic mass is 127. The van der Waals surface area contributed by atoms with Crippen molar-refractivity contribution in [3.63, 3.8) is 0 Å². The third-order valence-electron chi connectivity index (χ3n) is 3.73. The van der Waals surface area contributed by atoms with Crippen LogP contribution in [0.3, 0.4) is 0 Å². The summed E-state index contributed by atoms with van der Waals surface area (Å²) in [4.78, 5) is 13.4. The second kappa shape index (κ2) is 10.4. The van der Waals surface area contributed by atoms with Gasteiger partial charge < -0.3 is 20.4 Å². The molecule has 2 rings (SSSR count). The molecule has 0 atom stereocenters. The highest BCUT2D eigenvalue weighted by molar-refractivity contribution is 14.0. The fourth-order valence-electron chi connectivity index (χ4n) is 2.35. The van der Waals surface area contributed by atoms with Crippen LogP contribution in [0.1, 0.15) is 5.56 Å². The predicted molar refractivity (Wildman–Crippen MR) is 108 cm³/mol. The normalized spacial score (nSPS) is 15.7. The van der Waals surface area contributed by atoms with E-state index in [0.29, 0.717) is 6.54 Å². The lowest BCUT2D eigenvalue weighted by molar-refractivity contribution is 0.312. The number of nitrogens with zero attached hydrogens (tertiary/aromatic N) is 4. The molecular formula is C16H27IN6. The number of rotatable bonds is 5. The Labute approximate surface area is 156 Å². The van der Waals surface area contributed by atoms with Crippen LogP contribution in [0, 0.1) is 0 Å². The molecule has 128 valence electrons.